The molecule has 1 aromatic carbocycles. The van der Waals surface area contributed by atoms with Gasteiger partial charge in [0.2, 0.25) is 0 Å². The summed E-state index contributed by atoms with van der Waals surface area (Å²) in [6.45, 7) is 6.20. The van der Waals surface area contributed by atoms with Gasteiger partial charge in [-0.05, 0) is 60.5 Å². The van der Waals surface area contributed by atoms with Gasteiger partial charge < -0.3 is 4.74 Å². The molecule has 19 heavy (non-hydrogen) atoms. The van der Waals surface area contributed by atoms with E-state index in [4.69, 9.17) is 4.74 Å². The molecule has 1 heterocycles. The zero-order valence-electron chi connectivity index (χ0n) is 11.1. The van der Waals surface area contributed by atoms with E-state index in [9.17, 15) is 0 Å². The second kappa shape index (κ2) is 6.42. The van der Waals surface area contributed by atoms with Crippen molar-refractivity contribution in [1.29, 1.82) is 0 Å². The van der Waals surface area contributed by atoms with Crippen molar-refractivity contribution < 1.29 is 4.74 Å². The first kappa shape index (κ1) is 15.1. The summed E-state index contributed by atoms with van der Waals surface area (Å²) in [6.07, 6.45) is 0.196. The highest BCUT2D eigenvalue weighted by Crippen LogP contribution is 2.39. The molecular weight excluding hydrogens is 388 g/mol. The molecule has 0 saturated heterocycles. The number of alkyl halides is 1. The minimum absolute atomic E-state index is 0.196. The summed E-state index contributed by atoms with van der Waals surface area (Å²) in [4.78, 5) is 2.80. The number of rotatable bonds is 4. The molecule has 102 valence electrons. The summed E-state index contributed by atoms with van der Waals surface area (Å²) in [5, 5.41) is 0. The quantitative estimate of drug-likeness (QED) is 0.561. The summed E-state index contributed by atoms with van der Waals surface area (Å²) in [5.74, 6) is 0.921. The highest BCUT2D eigenvalue weighted by molar-refractivity contribution is 9.10. The second-order valence-corrected chi connectivity index (χ2v) is 7.71. The third-order valence-electron chi connectivity index (χ3n) is 2.65. The van der Waals surface area contributed by atoms with Crippen LogP contribution in [0.1, 0.15) is 34.0 Å². The summed E-state index contributed by atoms with van der Waals surface area (Å²) >= 11 is 9.15. The molecule has 0 spiro atoms. The highest BCUT2D eigenvalue weighted by Gasteiger charge is 2.15. The second-order valence-electron chi connectivity index (χ2n) is 4.65. The minimum atomic E-state index is 0.196. The maximum atomic E-state index is 5.74. The Hall–Kier alpha value is -0.320. The van der Waals surface area contributed by atoms with Crippen molar-refractivity contribution in [2.45, 2.75) is 31.7 Å². The summed E-state index contributed by atoms with van der Waals surface area (Å²) in [6, 6.07) is 10.4. The van der Waals surface area contributed by atoms with Crippen LogP contribution in [0.3, 0.4) is 0 Å². The Kier molecular flexibility index (Phi) is 5.09. The van der Waals surface area contributed by atoms with E-state index >= 15 is 0 Å². The largest absolute Gasteiger partial charge is 0.491 e. The lowest BCUT2D eigenvalue weighted by Gasteiger charge is -2.13. The average Bonchev–Trinajstić information content (AvgIpc) is 2.68. The van der Waals surface area contributed by atoms with Gasteiger partial charge in [0.25, 0.3) is 0 Å². The van der Waals surface area contributed by atoms with E-state index in [0.717, 1.165) is 5.75 Å². The molecule has 0 bridgehead atoms. The van der Waals surface area contributed by atoms with Crippen LogP contribution in [0.25, 0.3) is 0 Å². The van der Waals surface area contributed by atoms with Crippen molar-refractivity contribution in [3.63, 3.8) is 0 Å². The Bertz CT molecular complexity index is 544. The standard InChI is InChI=1S/C15H16Br2OS/c1-9(2)18-12-6-4-5-11(7-12)15(17)14-8-13(16)10(3)19-14/h4-9,15H,1-3H3. The molecule has 1 nitrogen and oxygen atoms in total. The number of hydrogen-bond acceptors (Lipinski definition) is 2. The average molecular weight is 404 g/mol. The molecule has 4 heteroatoms. The molecule has 2 rings (SSSR count). The zero-order valence-corrected chi connectivity index (χ0v) is 15.1. The normalized spacial score (nSPS) is 12.7. The van der Waals surface area contributed by atoms with Crippen LogP contribution in [0.4, 0.5) is 0 Å². The topological polar surface area (TPSA) is 9.23 Å². The molecule has 1 atom stereocenters. The van der Waals surface area contributed by atoms with Crippen LogP contribution in [0, 0.1) is 6.92 Å². The van der Waals surface area contributed by atoms with Crippen molar-refractivity contribution in [1.82, 2.24) is 0 Å². The molecule has 0 aliphatic rings. The van der Waals surface area contributed by atoms with Gasteiger partial charge in [0.1, 0.15) is 5.75 Å². The van der Waals surface area contributed by atoms with Crippen molar-refractivity contribution in [2.24, 2.45) is 0 Å². The Morgan fingerprint density at radius 1 is 1.21 bits per heavy atom. The molecule has 0 radical (unpaired) electrons. The number of thiophene rings is 1. The predicted octanol–water partition coefficient (Wildman–Crippen LogP) is 6.09. The third kappa shape index (κ3) is 3.83. The van der Waals surface area contributed by atoms with Gasteiger partial charge in [-0.2, -0.15) is 0 Å². The van der Waals surface area contributed by atoms with Crippen molar-refractivity contribution >= 4 is 43.2 Å². The summed E-state index contributed by atoms with van der Waals surface area (Å²) in [5.41, 5.74) is 1.21. The lowest BCUT2D eigenvalue weighted by molar-refractivity contribution is 0.242. The van der Waals surface area contributed by atoms with Crippen LogP contribution in [-0.4, -0.2) is 6.10 Å². The maximum Gasteiger partial charge on any atom is 0.120 e. The van der Waals surface area contributed by atoms with Crippen LogP contribution in [-0.2, 0) is 0 Å². The van der Waals surface area contributed by atoms with Gasteiger partial charge in [0.15, 0.2) is 0 Å². The van der Waals surface area contributed by atoms with E-state index < -0.39 is 0 Å². The SMILES string of the molecule is Cc1sc(C(Br)c2cccc(OC(C)C)c2)cc1Br. The van der Waals surface area contributed by atoms with E-state index in [1.165, 1.54) is 19.8 Å². The summed E-state index contributed by atoms with van der Waals surface area (Å²) < 4.78 is 6.92. The van der Waals surface area contributed by atoms with E-state index in [0.29, 0.717) is 0 Å². The number of aryl methyl sites for hydroxylation is 1. The minimum Gasteiger partial charge on any atom is -0.491 e. The van der Waals surface area contributed by atoms with Gasteiger partial charge >= 0.3 is 0 Å². The van der Waals surface area contributed by atoms with Crippen molar-refractivity contribution in [3.05, 3.63) is 50.1 Å². The molecule has 0 fully saturated rings. The smallest absolute Gasteiger partial charge is 0.120 e. The maximum absolute atomic E-state index is 5.74. The van der Waals surface area contributed by atoms with Gasteiger partial charge in [-0.3, -0.25) is 0 Å². The van der Waals surface area contributed by atoms with Gasteiger partial charge in [-0.1, -0.05) is 28.1 Å². The number of benzene rings is 1. The van der Waals surface area contributed by atoms with Crippen molar-refractivity contribution in [3.8, 4) is 5.75 Å². The molecule has 1 unspecified atom stereocenters. The summed E-state index contributed by atoms with van der Waals surface area (Å²) in [7, 11) is 0. The molecular formula is C15H16Br2OS. The molecule has 0 aliphatic heterocycles. The van der Waals surface area contributed by atoms with Crippen LogP contribution < -0.4 is 4.74 Å². The van der Waals surface area contributed by atoms with E-state index in [-0.39, 0.29) is 10.9 Å². The molecule has 0 saturated carbocycles. The number of ether oxygens (including phenoxy) is 1. The van der Waals surface area contributed by atoms with Gasteiger partial charge in [0.05, 0.1) is 10.9 Å². The van der Waals surface area contributed by atoms with Gasteiger partial charge in [0, 0.05) is 14.2 Å². The van der Waals surface area contributed by atoms with Crippen LogP contribution in [0.2, 0.25) is 0 Å². The first-order valence-electron chi connectivity index (χ1n) is 6.14. The Labute approximate surface area is 135 Å². The molecule has 0 amide bonds. The number of halogens is 2. The van der Waals surface area contributed by atoms with Gasteiger partial charge in [-0.15, -0.1) is 11.3 Å². The van der Waals surface area contributed by atoms with Crippen LogP contribution in [0.5, 0.6) is 5.75 Å². The predicted molar refractivity (Wildman–Crippen MR) is 89.7 cm³/mol. The fraction of sp³-hybridized carbons (Fsp3) is 0.333. The fourth-order valence-electron chi connectivity index (χ4n) is 1.79. The lowest BCUT2D eigenvalue weighted by atomic mass is 10.1. The first-order chi connectivity index (χ1) is 8.97. The molecule has 0 aliphatic carbocycles. The molecule has 0 N–H and O–H groups in total. The highest BCUT2D eigenvalue weighted by atomic mass is 79.9. The van der Waals surface area contributed by atoms with E-state index in [2.05, 4.69) is 57.0 Å². The van der Waals surface area contributed by atoms with Crippen molar-refractivity contribution in [2.75, 3.05) is 0 Å². The van der Waals surface area contributed by atoms with E-state index in [1.807, 2.05) is 26.0 Å². The Balaban J connectivity index is 2.25. The Morgan fingerprint density at radius 3 is 2.53 bits per heavy atom. The Morgan fingerprint density at radius 2 is 1.95 bits per heavy atom. The third-order valence-corrected chi connectivity index (χ3v) is 6.18. The van der Waals surface area contributed by atoms with Crippen LogP contribution in [0.15, 0.2) is 34.8 Å². The monoisotopic (exact) mass is 402 g/mol. The van der Waals surface area contributed by atoms with Crippen LogP contribution >= 0.6 is 43.2 Å². The molecule has 1 aromatic heterocycles. The first-order valence-corrected chi connectivity index (χ1v) is 8.66. The number of hydrogen-bond donors (Lipinski definition) is 0. The van der Waals surface area contributed by atoms with Gasteiger partial charge in [-0.25, -0.2) is 0 Å². The van der Waals surface area contributed by atoms with E-state index in [1.54, 1.807) is 11.3 Å². The zero-order chi connectivity index (χ0) is 14.0. The molecule has 2 aromatic rings. The fourth-order valence-corrected chi connectivity index (χ4v) is 4.05. The lowest BCUT2D eigenvalue weighted by Crippen LogP contribution is -2.05.